The number of aromatic nitrogens is 2. The quantitative estimate of drug-likeness (QED) is 0.823. The number of rotatable bonds is 6. The molecule has 0 spiro atoms. The second kappa shape index (κ2) is 6.55. The molecule has 0 saturated heterocycles. The highest BCUT2D eigenvalue weighted by Crippen LogP contribution is 2.43. The molecule has 0 radical (unpaired) electrons. The summed E-state index contributed by atoms with van der Waals surface area (Å²) in [4.78, 5) is 8.70. The van der Waals surface area contributed by atoms with Gasteiger partial charge in [0.25, 0.3) is 0 Å². The molecular formula is C17H29N3. The van der Waals surface area contributed by atoms with Crippen molar-refractivity contribution in [2.24, 2.45) is 11.3 Å². The second-order valence-electron chi connectivity index (χ2n) is 7.14. The van der Waals surface area contributed by atoms with E-state index in [4.69, 9.17) is 0 Å². The Morgan fingerprint density at radius 3 is 2.45 bits per heavy atom. The highest BCUT2D eigenvalue weighted by Gasteiger charge is 2.34. The molecule has 1 aliphatic carbocycles. The van der Waals surface area contributed by atoms with Crippen molar-refractivity contribution < 1.29 is 0 Å². The Hall–Kier alpha value is -1.12. The summed E-state index contributed by atoms with van der Waals surface area (Å²) < 4.78 is 0. The number of anilines is 1. The average molecular weight is 275 g/mol. The highest BCUT2D eigenvalue weighted by atomic mass is 15.0. The number of nitrogens with one attached hydrogen (secondary N) is 1. The Kier molecular flexibility index (Phi) is 5.00. The normalized spacial score (nSPS) is 17.9. The van der Waals surface area contributed by atoms with E-state index >= 15 is 0 Å². The van der Waals surface area contributed by atoms with Crippen molar-refractivity contribution in [2.75, 3.05) is 11.9 Å². The van der Waals surface area contributed by atoms with Crippen molar-refractivity contribution in [3.05, 3.63) is 18.1 Å². The Morgan fingerprint density at radius 1 is 1.15 bits per heavy atom. The zero-order chi connectivity index (χ0) is 14.6. The van der Waals surface area contributed by atoms with Gasteiger partial charge >= 0.3 is 0 Å². The van der Waals surface area contributed by atoms with Gasteiger partial charge in [-0.2, -0.15) is 0 Å². The van der Waals surface area contributed by atoms with E-state index in [9.17, 15) is 0 Å². The van der Waals surface area contributed by atoms with E-state index in [0.29, 0.717) is 11.3 Å². The van der Waals surface area contributed by atoms with Crippen molar-refractivity contribution in [1.29, 1.82) is 0 Å². The molecule has 20 heavy (non-hydrogen) atoms. The van der Waals surface area contributed by atoms with Crippen molar-refractivity contribution in [3.8, 4) is 0 Å². The topological polar surface area (TPSA) is 37.8 Å². The largest absolute Gasteiger partial charge is 0.369 e. The molecule has 1 heterocycles. The lowest BCUT2D eigenvalue weighted by Crippen LogP contribution is -2.28. The van der Waals surface area contributed by atoms with Crippen molar-refractivity contribution >= 4 is 5.82 Å². The van der Waals surface area contributed by atoms with Crippen LogP contribution in [0.25, 0.3) is 0 Å². The van der Waals surface area contributed by atoms with Crippen molar-refractivity contribution in [1.82, 2.24) is 9.97 Å². The third kappa shape index (κ3) is 3.94. The first-order valence-electron chi connectivity index (χ1n) is 8.07. The van der Waals surface area contributed by atoms with Crippen LogP contribution in [0.15, 0.2) is 12.4 Å². The molecule has 3 heteroatoms. The molecule has 1 N–H and O–H groups in total. The van der Waals surface area contributed by atoms with Gasteiger partial charge in [-0.3, -0.25) is 0 Å². The second-order valence-corrected chi connectivity index (χ2v) is 7.14. The fourth-order valence-corrected chi connectivity index (χ4v) is 3.51. The highest BCUT2D eigenvalue weighted by molar-refractivity contribution is 5.36. The summed E-state index contributed by atoms with van der Waals surface area (Å²) >= 11 is 0. The van der Waals surface area contributed by atoms with Crippen LogP contribution in [0.3, 0.4) is 0 Å². The fourth-order valence-electron chi connectivity index (χ4n) is 3.51. The third-order valence-electron chi connectivity index (χ3n) is 4.43. The lowest BCUT2D eigenvalue weighted by molar-refractivity contribution is 0.252. The van der Waals surface area contributed by atoms with Gasteiger partial charge in [0, 0.05) is 18.3 Å². The molecule has 0 atom stereocenters. The smallest absolute Gasteiger partial charge is 0.129 e. The predicted octanol–water partition coefficient (Wildman–Crippen LogP) is 4.62. The first-order valence-corrected chi connectivity index (χ1v) is 8.07. The van der Waals surface area contributed by atoms with Gasteiger partial charge in [-0.1, -0.05) is 40.5 Å². The summed E-state index contributed by atoms with van der Waals surface area (Å²) in [6.45, 7) is 10.1. The van der Waals surface area contributed by atoms with E-state index in [1.54, 1.807) is 6.33 Å². The molecule has 1 fully saturated rings. The maximum atomic E-state index is 4.37. The van der Waals surface area contributed by atoms with Crippen LogP contribution in [0.5, 0.6) is 0 Å². The summed E-state index contributed by atoms with van der Waals surface area (Å²) in [6.07, 6.45) is 8.50. The van der Waals surface area contributed by atoms with Crippen molar-refractivity contribution in [3.63, 3.8) is 0 Å². The minimum atomic E-state index is 0.453. The average Bonchev–Trinajstić information content (AvgIpc) is 2.85. The van der Waals surface area contributed by atoms with E-state index in [-0.39, 0.29) is 0 Å². The van der Waals surface area contributed by atoms with Gasteiger partial charge in [0.2, 0.25) is 0 Å². The molecule has 1 aromatic heterocycles. The van der Waals surface area contributed by atoms with E-state index in [0.717, 1.165) is 24.0 Å². The SMILES string of the molecule is CC(C)CC1(CNc2cc(C(C)C)ncn2)CCCC1. The van der Waals surface area contributed by atoms with Crippen molar-refractivity contribution in [2.45, 2.75) is 65.7 Å². The van der Waals surface area contributed by atoms with Crippen LogP contribution in [0.2, 0.25) is 0 Å². The first kappa shape index (κ1) is 15.3. The molecule has 1 aliphatic rings. The molecule has 1 saturated carbocycles. The van der Waals surface area contributed by atoms with Crippen LogP contribution in [0.4, 0.5) is 5.82 Å². The van der Waals surface area contributed by atoms with Gasteiger partial charge in [-0.25, -0.2) is 9.97 Å². The number of nitrogens with zero attached hydrogens (tertiary/aromatic N) is 2. The maximum absolute atomic E-state index is 4.37. The van der Waals surface area contributed by atoms with Gasteiger partial charge < -0.3 is 5.32 Å². The van der Waals surface area contributed by atoms with Gasteiger partial charge in [0.05, 0.1) is 0 Å². The molecule has 1 aromatic rings. The summed E-state index contributed by atoms with van der Waals surface area (Å²) in [5.41, 5.74) is 1.60. The molecule has 0 amide bonds. The van der Waals surface area contributed by atoms with Gasteiger partial charge in [-0.05, 0) is 36.5 Å². The van der Waals surface area contributed by atoms with Crippen LogP contribution in [-0.2, 0) is 0 Å². The minimum absolute atomic E-state index is 0.453. The standard InChI is InChI=1S/C17H29N3/c1-13(2)10-17(7-5-6-8-17)11-18-16-9-15(14(3)4)19-12-20-16/h9,12-14H,5-8,10-11H2,1-4H3,(H,18,19,20). The van der Waals surface area contributed by atoms with E-state index in [2.05, 4.69) is 49.0 Å². The molecule has 3 nitrogen and oxygen atoms in total. The Bertz CT molecular complexity index is 420. The molecule has 0 aliphatic heterocycles. The lowest BCUT2D eigenvalue weighted by Gasteiger charge is -2.31. The number of hydrogen-bond acceptors (Lipinski definition) is 3. The number of hydrogen-bond donors (Lipinski definition) is 1. The van der Waals surface area contributed by atoms with E-state index in [1.807, 2.05) is 0 Å². The van der Waals surface area contributed by atoms with Crippen LogP contribution in [-0.4, -0.2) is 16.5 Å². The molecule has 0 aromatic carbocycles. The van der Waals surface area contributed by atoms with Gasteiger partial charge in [0.1, 0.15) is 12.1 Å². The molecule has 0 unspecified atom stereocenters. The fraction of sp³-hybridized carbons (Fsp3) is 0.765. The summed E-state index contributed by atoms with van der Waals surface area (Å²) in [6, 6.07) is 2.10. The Labute approximate surface area is 123 Å². The molecule has 0 bridgehead atoms. The molecular weight excluding hydrogens is 246 g/mol. The van der Waals surface area contributed by atoms with Gasteiger partial charge in [-0.15, -0.1) is 0 Å². The first-order chi connectivity index (χ1) is 9.51. The van der Waals surface area contributed by atoms with E-state index in [1.165, 1.54) is 32.1 Å². The van der Waals surface area contributed by atoms with Crippen LogP contribution in [0, 0.1) is 11.3 Å². The molecule has 112 valence electrons. The maximum Gasteiger partial charge on any atom is 0.129 e. The van der Waals surface area contributed by atoms with Gasteiger partial charge in [0.15, 0.2) is 0 Å². The lowest BCUT2D eigenvalue weighted by atomic mass is 9.78. The Balaban J connectivity index is 2.00. The Morgan fingerprint density at radius 2 is 1.85 bits per heavy atom. The summed E-state index contributed by atoms with van der Waals surface area (Å²) in [5, 5.41) is 3.58. The zero-order valence-electron chi connectivity index (χ0n) is 13.4. The zero-order valence-corrected chi connectivity index (χ0v) is 13.4. The predicted molar refractivity (Wildman–Crippen MR) is 85.0 cm³/mol. The summed E-state index contributed by atoms with van der Waals surface area (Å²) in [5.74, 6) is 2.21. The van der Waals surface area contributed by atoms with Crippen LogP contribution >= 0.6 is 0 Å². The van der Waals surface area contributed by atoms with Crippen LogP contribution < -0.4 is 5.32 Å². The summed E-state index contributed by atoms with van der Waals surface area (Å²) in [7, 11) is 0. The van der Waals surface area contributed by atoms with Crippen LogP contribution in [0.1, 0.15) is 71.4 Å². The monoisotopic (exact) mass is 275 g/mol. The molecule has 2 rings (SSSR count). The minimum Gasteiger partial charge on any atom is -0.369 e. The van der Waals surface area contributed by atoms with E-state index < -0.39 is 0 Å². The third-order valence-corrected chi connectivity index (χ3v) is 4.43.